The maximum absolute atomic E-state index is 12.8. The zero-order chi connectivity index (χ0) is 20.6. The first kappa shape index (κ1) is 19.5. The van der Waals surface area contributed by atoms with Gasteiger partial charge < -0.3 is 10.6 Å². The highest BCUT2D eigenvalue weighted by atomic mass is 35.5. The molecule has 1 saturated carbocycles. The monoisotopic (exact) mass is 411 g/mol. The van der Waals surface area contributed by atoms with Gasteiger partial charge in [-0.05, 0) is 48.9 Å². The molecule has 29 heavy (non-hydrogen) atoms. The van der Waals surface area contributed by atoms with Crippen molar-refractivity contribution in [3.05, 3.63) is 70.7 Å². The van der Waals surface area contributed by atoms with Crippen LogP contribution in [0.15, 0.2) is 54.6 Å². The maximum atomic E-state index is 12.8. The molecule has 7 heteroatoms. The Bertz CT molecular complexity index is 944. The van der Waals surface area contributed by atoms with Crippen LogP contribution < -0.4 is 10.6 Å². The van der Waals surface area contributed by atoms with Crippen molar-refractivity contribution in [3.8, 4) is 0 Å². The van der Waals surface area contributed by atoms with Crippen LogP contribution in [0.4, 0.5) is 4.79 Å². The molecule has 1 saturated heterocycles. The Morgan fingerprint density at radius 2 is 1.76 bits per heavy atom. The third-order valence-corrected chi connectivity index (χ3v) is 5.89. The van der Waals surface area contributed by atoms with Crippen LogP contribution in [0.25, 0.3) is 0 Å². The Balaban J connectivity index is 1.52. The second-order valence-corrected chi connectivity index (χ2v) is 8.20. The van der Waals surface area contributed by atoms with Crippen LogP contribution in [0.3, 0.4) is 0 Å². The molecule has 0 unspecified atom stereocenters. The second-order valence-electron chi connectivity index (χ2n) is 7.76. The summed E-state index contributed by atoms with van der Waals surface area (Å²) in [6.07, 6.45) is 1.82. The molecule has 6 nitrogen and oxygen atoms in total. The quantitative estimate of drug-likeness (QED) is 0.716. The maximum Gasteiger partial charge on any atom is 0.325 e. The highest BCUT2D eigenvalue weighted by Gasteiger charge is 2.56. The molecule has 1 aliphatic carbocycles. The topological polar surface area (TPSA) is 78.5 Å². The number of hydrogen-bond acceptors (Lipinski definition) is 3. The second kappa shape index (κ2) is 7.52. The van der Waals surface area contributed by atoms with Crippen molar-refractivity contribution in [3.63, 3.8) is 0 Å². The summed E-state index contributed by atoms with van der Waals surface area (Å²) in [5.74, 6) is -0.585. The number of carbonyl (C=O) groups excluding carboxylic acids is 3. The zero-order valence-corrected chi connectivity index (χ0v) is 16.8. The molecule has 150 valence electrons. The van der Waals surface area contributed by atoms with Crippen molar-refractivity contribution in [1.29, 1.82) is 0 Å². The minimum absolute atomic E-state index is 0.151. The summed E-state index contributed by atoms with van der Waals surface area (Å²) in [4.78, 5) is 38.9. The highest BCUT2D eigenvalue weighted by Crippen LogP contribution is 2.42. The van der Waals surface area contributed by atoms with E-state index < -0.39 is 23.5 Å². The number of amides is 4. The van der Waals surface area contributed by atoms with E-state index >= 15 is 0 Å². The van der Waals surface area contributed by atoms with Crippen LogP contribution in [0.5, 0.6) is 0 Å². The van der Waals surface area contributed by atoms with Gasteiger partial charge in [0.05, 0.1) is 6.04 Å². The lowest BCUT2D eigenvalue weighted by Gasteiger charge is -2.23. The SMILES string of the molecule is C[C@@]1(C2CC2)NC(=O)N(CC(=O)N[C@@H](c2ccccc2)c2ccc(Cl)cc2)C1=O. The third kappa shape index (κ3) is 3.85. The summed E-state index contributed by atoms with van der Waals surface area (Å²) in [6.45, 7) is 1.42. The highest BCUT2D eigenvalue weighted by molar-refractivity contribution is 6.30. The summed E-state index contributed by atoms with van der Waals surface area (Å²) >= 11 is 5.99. The molecule has 2 fully saturated rings. The summed E-state index contributed by atoms with van der Waals surface area (Å²) in [7, 11) is 0. The molecule has 4 rings (SSSR count). The molecule has 2 atom stereocenters. The molecule has 2 aliphatic rings. The first-order valence-corrected chi connectivity index (χ1v) is 10.00. The van der Waals surface area contributed by atoms with Crippen LogP contribution in [-0.4, -0.2) is 34.8 Å². The van der Waals surface area contributed by atoms with Crippen molar-refractivity contribution in [1.82, 2.24) is 15.5 Å². The normalized spacial score (nSPS) is 22.3. The molecule has 0 bridgehead atoms. The Kier molecular flexibility index (Phi) is 5.04. The molecule has 4 amide bonds. The first-order valence-electron chi connectivity index (χ1n) is 9.62. The first-order chi connectivity index (χ1) is 13.9. The number of rotatable bonds is 6. The van der Waals surface area contributed by atoms with E-state index in [0.29, 0.717) is 5.02 Å². The minimum atomic E-state index is -0.896. The largest absolute Gasteiger partial charge is 0.344 e. The molecule has 0 aromatic heterocycles. The van der Waals surface area contributed by atoms with E-state index in [2.05, 4.69) is 10.6 Å². The van der Waals surface area contributed by atoms with Crippen LogP contribution in [-0.2, 0) is 9.59 Å². The molecule has 2 N–H and O–H groups in total. The number of nitrogens with zero attached hydrogens (tertiary/aromatic N) is 1. The van der Waals surface area contributed by atoms with Crippen molar-refractivity contribution >= 4 is 29.4 Å². The van der Waals surface area contributed by atoms with Gasteiger partial charge in [-0.1, -0.05) is 54.1 Å². The predicted octanol–water partition coefficient (Wildman–Crippen LogP) is 3.27. The molecular weight excluding hydrogens is 390 g/mol. The average molecular weight is 412 g/mol. The average Bonchev–Trinajstić information content (AvgIpc) is 3.54. The third-order valence-electron chi connectivity index (χ3n) is 5.64. The van der Waals surface area contributed by atoms with Crippen molar-refractivity contribution in [2.24, 2.45) is 5.92 Å². The predicted molar refractivity (Wildman–Crippen MR) is 109 cm³/mol. The lowest BCUT2D eigenvalue weighted by molar-refractivity contribution is -0.135. The van der Waals surface area contributed by atoms with Gasteiger partial charge in [-0.25, -0.2) is 4.79 Å². The van der Waals surface area contributed by atoms with Crippen LogP contribution in [0.2, 0.25) is 5.02 Å². The standard InChI is InChI=1S/C22H22ClN3O3/c1-22(16-9-10-16)20(28)26(21(29)25-22)13-18(27)24-19(14-5-3-2-4-6-14)15-7-11-17(23)12-8-15/h2-8,11-12,16,19H,9-10,13H2,1H3,(H,24,27)(H,25,29)/t19-,22-/m0/s1. The smallest absolute Gasteiger partial charge is 0.325 e. The Morgan fingerprint density at radius 1 is 1.14 bits per heavy atom. The summed E-state index contributed by atoms with van der Waals surface area (Å²) in [6, 6.07) is 15.8. The van der Waals surface area contributed by atoms with Crippen molar-refractivity contribution in [2.75, 3.05) is 6.54 Å². The van der Waals surface area contributed by atoms with Gasteiger partial charge in [0.1, 0.15) is 12.1 Å². The fraction of sp³-hybridized carbons (Fsp3) is 0.318. The molecule has 2 aromatic rings. The van der Waals surface area contributed by atoms with Gasteiger partial charge in [0.25, 0.3) is 5.91 Å². The summed E-state index contributed by atoms with van der Waals surface area (Å²) < 4.78 is 0. The molecule has 1 heterocycles. The zero-order valence-electron chi connectivity index (χ0n) is 16.0. The molecule has 2 aromatic carbocycles. The van der Waals surface area contributed by atoms with Crippen molar-refractivity contribution < 1.29 is 14.4 Å². The number of nitrogens with one attached hydrogen (secondary N) is 2. The number of benzene rings is 2. The van der Waals surface area contributed by atoms with E-state index in [-0.39, 0.29) is 18.4 Å². The van der Waals surface area contributed by atoms with Gasteiger partial charge in [0.15, 0.2) is 0 Å². The fourth-order valence-corrected chi connectivity index (χ4v) is 3.93. The Labute approximate surface area is 174 Å². The van der Waals surface area contributed by atoms with Gasteiger partial charge in [0, 0.05) is 5.02 Å². The van der Waals surface area contributed by atoms with E-state index in [9.17, 15) is 14.4 Å². The number of carbonyl (C=O) groups is 3. The molecule has 1 aliphatic heterocycles. The minimum Gasteiger partial charge on any atom is -0.344 e. The van der Waals surface area contributed by atoms with E-state index in [4.69, 9.17) is 11.6 Å². The van der Waals surface area contributed by atoms with E-state index in [1.807, 2.05) is 42.5 Å². The van der Waals surface area contributed by atoms with Crippen LogP contribution in [0, 0.1) is 5.92 Å². The van der Waals surface area contributed by atoms with Crippen molar-refractivity contribution in [2.45, 2.75) is 31.3 Å². The van der Waals surface area contributed by atoms with E-state index in [1.165, 1.54) is 0 Å². The lowest BCUT2D eigenvalue weighted by atomic mass is 9.96. The molecular formula is C22H22ClN3O3. The number of urea groups is 1. The summed E-state index contributed by atoms with van der Waals surface area (Å²) in [5, 5.41) is 6.32. The molecule has 0 spiro atoms. The van der Waals surface area contributed by atoms with E-state index in [1.54, 1.807) is 19.1 Å². The van der Waals surface area contributed by atoms with Gasteiger partial charge >= 0.3 is 6.03 Å². The Hall–Kier alpha value is -2.86. The lowest BCUT2D eigenvalue weighted by Crippen LogP contribution is -2.47. The number of halogens is 1. The van der Waals surface area contributed by atoms with Gasteiger partial charge in [0.2, 0.25) is 5.91 Å². The summed E-state index contributed by atoms with van der Waals surface area (Å²) in [5.41, 5.74) is 0.851. The van der Waals surface area contributed by atoms with E-state index in [0.717, 1.165) is 28.9 Å². The number of hydrogen-bond donors (Lipinski definition) is 2. The fourth-order valence-electron chi connectivity index (χ4n) is 3.81. The van der Waals surface area contributed by atoms with Crippen LogP contribution in [0.1, 0.15) is 36.9 Å². The van der Waals surface area contributed by atoms with Gasteiger partial charge in [-0.3, -0.25) is 14.5 Å². The van der Waals surface area contributed by atoms with Crippen LogP contribution >= 0.6 is 11.6 Å². The van der Waals surface area contributed by atoms with Gasteiger partial charge in [-0.15, -0.1) is 0 Å². The Morgan fingerprint density at radius 3 is 2.38 bits per heavy atom. The number of imide groups is 1. The molecule has 0 radical (unpaired) electrons. The van der Waals surface area contributed by atoms with Gasteiger partial charge in [-0.2, -0.15) is 0 Å².